The molecule has 0 unspecified atom stereocenters. The van der Waals surface area contributed by atoms with Crippen molar-refractivity contribution in [1.29, 1.82) is 0 Å². The number of benzene rings is 2. The van der Waals surface area contributed by atoms with Crippen molar-refractivity contribution in [3.8, 4) is 5.75 Å². The summed E-state index contributed by atoms with van der Waals surface area (Å²) in [5.74, 6) is 1.57. The summed E-state index contributed by atoms with van der Waals surface area (Å²) in [5, 5.41) is 15.1. The topological polar surface area (TPSA) is 103 Å². The number of nitrogens with zero attached hydrogens (tertiary/aromatic N) is 4. The van der Waals surface area contributed by atoms with Crippen LogP contribution >= 0.6 is 0 Å². The molecule has 1 amide bonds. The van der Waals surface area contributed by atoms with Crippen LogP contribution in [-0.2, 0) is 18.4 Å². The van der Waals surface area contributed by atoms with Crippen LogP contribution in [0.25, 0.3) is 16.7 Å². The van der Waals surface area contributed by atoms with Gasteiger partial charge < -0.3 is 15.4 Å². The van der Waals surface area contributed by atoms with Crippen molar-refractivity contribution in [2.45, 2.75) is 13.5 Å². The lowest BCUT2D eigenvalue weighted by Gasteiger charge is -2.13. The van der Waals surface area contributed by atoms with Gasteiger partial charge in [-0.15, -0.1) is 10.2 Å². The van der Waals surface area contributed by atoms with Gasteiger partial charge in [0.05, 0.1) is 30.2 Å². The Balaban J connectivity index is 1.75. The van der Waals surface area contributed by atoms with Crippen LogP contribution in [0.2, 0.25) is 0 Å². The molecule has 9 heteroatoms. The predicted octanol–water partition coefficient (Wildman–Crippen LogP) is 2.16. The second kappa shape index (κ2) is 7.27. The Morgan fingerprint density at radius 3 is 2.72 bits per heavy atom. The molecule has 0 aliphatic heterocycles. The summed E-state index contributed by atoms with van der Waals surface area (Å²) >= 11 is 0. The lowest BCUT2D eigenvalue weighted by Crippen LogP contribution is -2.20. The first-order valence-electron chi connectivity index (χ1n) is 9.01. The van der Waals surface area contributed by atoms with Crippen LogP contribution in [0.15, 0.2) is 47.3 Å². The summed E-state index contributed by atoms with van der Waals surface area (Å²) in [7, 11) is 3.25. The number of fused-ring (bicyclic) bond motifs is 3. The van der Waals surface area contributed by atoms with Gasteiger partial charge in [0.15, 0.2) is 5.82 Å². The number of carbonyl (C=O) groups excluding carboxylic acids is 1. The minimum Gasteiger partial charge on any atom is -0.495 e. The number of hydrogen-bond donors (Lipinski definition) is 2. The van der Waals surface area contributed by atoms with Gasteiger partial charge in [0, 0.05) is 19.7 Å². The lowest BCUT2D eigenvalue weighted by atomic mass is 10.2. The summed E-state index contributed by atoms with van der Waals surface area (Å²) in [6.45, 7) is 1.79. The van der Waals surface area contributed by atoms with Gasteiger partial charge in [-0.3, -0.25) is 18.6 Å². The van der Waals surface area contributed by atoms with Crippen LogP contribution in [0.4, 0.5) is 11.4 Å². The molecule has 2 N–H and O–H groups in total. The van der Waals surface area contributed by atoms with Crippen molar-refractivity contribution in [3.63, 3.8) is 0 Å². The molecule has 0 aliphatic rings. The van der Waals surface area contributed by atoms with Gasteiger partial charge in [0.2, 0.25) is 11.7 Å². The minimum absolute atomic E-state index is 0.121. The molecule has 0 bridgehead atoms. The number of rotatable bonds is 5. The molecule has 9 nitrogen and oxygen atoms in total. The quantitative estimate of drug-likeness (QED) is 0.540. The van der Waals surface area contributed by atoms with E-state index in [0.29, 0.717) is 40.7 Å². The predicted molar refractivity (Wildman–Crippen MR) is 110 cm³/mol. The number of amides is 1. The molecule has 0 aliphatic carbocycles. The van der Waals surface area contributed by atoms with Crippen molar-refractivity contribution in [2.75, 3.05) is 17.7 Å². The lowest BCUT2D eigenvalue weighted by molar-refractivity contribution is -0.114. The number of anilines is 2. The molecular formula is C20H20N6O3. The number of hydrogen-bond acceptors (Lipinski definition) is 6. The number of nitrogens with one attached hydrogen (secondary N) is 2. The Hall–Kier alpha value is -3.88. The summed E-state index contributed by atoms with van der Waals surface area (Å²) < 4.78 is 8.74. The Kier molecular flexibility index (Phi) is 4.63. The van der Waals surface area contributed by atoms with Crippen LogP contribution in [0.3, 0.4) is 0 Å². The zero-order valence-electron chi connectivity index (χ0n) is 16.3. The molecule has 2 aromatic heterocycles. The monoisotopic (exact) mass is 392 g/mol. The number of aryl methyl sites for hydroxylation is 1. The first kappa shape index (κ1) is 18.5. The SMILES string of the molecule is COc1ccc(NC(C)=O)cc1NCc1nnc2n(C)c(=O)c3ccccc3n12. The van der Waals surface area contributed by atoms with E-state index in [4.69, 9.17) is 4.74 Å². The molecule has 148 valence electrons. The average molecular weight is 392 g/mol. The first-order valence-corrected chi connectivity index (χ1v) is 9.01. The van der Waals surface area contributed by atoms with E-state index in [1.54, 1.807) is 38.4 Å². The molecule has 0 saturated heterocycles. The molecule has 0 saturated carbocycles. The standard InChI is InChI=1S/C20H20N6O3/c1-12(27)22-13-8-9-17(29-3)15(10-13)21-11-18-23-24-20-25(2)19(28)14-6-4-5-7-16(14)26(18)20/h4-10,21H,11H2,1-3H3,(H,22,27). The van der Waals surface area contributed by atoms with Gasteiger partial charge in [-0.25, -0.2) is 0 Å². The van der Waals surface area contributed by atoms with Crippen LogP contribution in [0.1, 0.15) is 12.7 Å². The Morgan fingerprint density at radius 1 is 1.17 bits per heavy atom. The summed E-state index contributed by atoms with van der Waals surface area (Å²) in [6, 6.07) is 12.7. The fourth-order valence-electron chi connectivity index (χ4n) is 3.31. The molecule has 29 heavy (non-hydrogen) atoms. The fraction of sp³-hybridized carbons (Fsp3) is 0.200. The van der Waals surface area contributed by atoms with Crippen molar-refractivity contribution >= 4 is 34.0 Å². The van der Waals surface area contributed by atoms with E-state index in [-0.39, 0.29) is 11.5 Å². The van der Waals surface area contributed by atoms with Crippen LogP contribution in [-0.4, -0.2) is 32.2 Å². The van der Waals surface area contributed by atoms with Gasteiger partial charge in [0.1, 0.15) is 5.75 Å². The zero-order chi connectivity index (χ0) is 20.5. The smallest absolute Gasteiger partial charge is 0.262 e. The van der Waals surface area contributed by atoms with E-state index >= 15 is 0 Å². The second-order valence-electron chi connectivity index (χ2n) is 6.58. The zero-order valence-corrected chi connectivity index (χ0v) is 16.3. The highest BCUT2D eigenvalue weighted by molar-refractivity contribution is 5.89. The van der Waals surface area contributed by atoms with Crippen molar-refractivity contribution in [3.05, 3.63) is 58.6 Å². The van der Waals surface area contributed by atoms with Crippen molar-refractivity contribution in [2.24, 2.45) is 7.05 Å². The van der Waals surface area contributed by atoms with Crippen molar-refractivity contribution in [1.82, 2.24) is 19.2 Å². The molecule has 0 spiro atoms. The number of carbonyl (C=O) groups is 1. The largest absolute Gasteiger partial charge is 0.495 e. The first-order chi connectivity index (χ1) is 14.0. The van der Waals surface area contributed by atoms with Gasteiger partial charge in [0.25, 0.3) is 5.56 Å². The maximum atomic E-state index is 12.6. The van der Waals surface area contributed by atoms with E-state index in [9.17, 15) is 9.59 Å². The third-order valence-electron chi connectivity index (χ3n) is 4.65. The molecule has 2 aromatic carbocycles. The third kappa shape index (κ3) is 3.27. The Bertz CT molecular complexity index is 1290. The summed E-state index contributed by atoms with van der Waals surface area (Å²) in [4.78, 5) is 23.9. The third-order valence-corrected chi connectivity index (χ3v) is 4.65. The fourth-order valence-corrected chi connectivity index (χ4v) is 3.31. The van der Waals surface area contributed by atoms with Crippen LogP contribution in [0.5, 0.6) is 5.75 Å². The Morgan fingerprint density at radius 2 is 1.97 bits per heavy atom. The molecule has 0 atom stereocenters. The minimum atomic E-state index is -0.156. The molecule has 4 aromatic rings. The van der Waals surface area contributed by atoms with E-state index in [1.807, 2.05) is 22.6 Å². The van der Waals surface area contributed by atoms with Gasteiger partial charge in [-0.05, 0) is 30.3 Å². The van der Waals surface area contributed by atoms with E-state index in [0.717, 1.165) is 5.52 Å². The molecule has 0 fully saturated rings. The number of ether oxygens (including phenoxy) is 1. The molecule has 2 heterocycles. The summed E-state index contributed by atoms with van der Waals surface area (Å²) in [6.07, 6.45) is 0. The highest BCUT2D eigenvalue weighted by Gasteiger charge is 2.15. The van der Waals surface area contributed by atoms with Crippen LogP contribution in [0, 0.1) is 0 Å². The summed E-state index contributed by atoms with van der Waals surface area (Å²) in [5.41, 5.74) is 1.97. The van der Waals surface area contributed by atoms with Gasteiger partial charge in [-0.2, -0.15) is 0 Å². The average Bonchev–Trinajstić information content (AvgIpc) is 3.14. The van der Waals surface area contributed by atoms with Crippen LogP contribution < -0.4 is 20.9 Å². The van der Waals surface area contributed by atoms with Gasteiger partial charge in [-0.1, -0.05) is 12.1 Å². The number of para-hydroxylation sites is 1. The highest BCUT2D eigenvalue weighted by Crippen LogP contribution is 2.28. The van der Waals surface area contributed by atoms with Crippen molar-refractivity contribution < 1.29 is 9.53 Å². The normalized spacial score (nSPS) is 11.0. The number of methoxy groups -OCH3 is 1. The van der Waals surface area contributed by atoms with E-state index in [2.05, 4.69) is 20.8 Å². The Labute approximate surface area is 165 Å². The van der Waals surface area contributed by atoms with E-state index < -0.39 is 0 Å². The molecule has 4 rings (SSSR count). The van der Waals surface area contributed by atoms with E-state index in [1.165, 1.54) is 11.5 Å². The number of aromatic nitrogens is 4. The molecular weight excluding hydrogens is 372 g/mol. The maximum absolute atomic E-state index is 12.6. The maximum Gasteiger partial charge on any atom is 0.262 e. The highest BCUT2D eigenvalue weighted by atomic mass is 16.5. The molecule has 0 radical (unpaired) electrons. The second-order valence-corrected chi connectivity index (χ2v) is 6.58. The van der Waals surface area contributed by atoms with Gasteiger partial charge >= 0.3 is 0 Å².